The Kier molecular flexibility index (Phi) is 0.941. The Balaban J connectivity index is 3.02. The third-order valence-corrected chi connectivity index (χ3v) is 0.546. The van der Waals surface area contributed by atoms with Gasteiger partial charge in [0, 0.05) is 6.07 Å². The van der Waals surface area contributed by atoms with Gasteiger partial charge in [0.1, 0.15) is 5.75 Å². The Morgan fingerprint density at radius 2 is 2.57 bits per heavy atom. The fraction of sp³-hybridized carbons (Fsp3) is 0. The quantitative estimate of drug-likeness (QED) is 0.503. The molecule has 0 saturated carbocycles. The number of hydrogen-bond donors (Lipinski definition) is 1. The number of nitrogens with zero attached hydrogens (tertiary/aromatic N) is 1. The van der Waals surface area contributed by atoms with Crippen LogP contribution in [0.5, 0.6) is 5.75 Å². The molecule has 2 radical (unpaired) electrons. The average Bonchev–Trinajstić information content (AvgIpc) is 1.69. The average molecular weight is 93.1 g/mol. The molecule has 0 aliphatic heterocycles. The van der Waals surface area contributed by atoms with E-state index in [0.29, 0.717) is 0 Å². The number of aromatic nitrogens is 1. The maximum Gasteiger partial charge on any atom is 0.141 e. The molecule has 2 nitrogen and oxygen atoms in total. The molecular formula is C5H3NO. The van der Waals surface area contributed by atoms with Crippen LogP contribution in [0.25, 0.3) is 0 Å². The fourth-order valence-electron chi connectivity index (χ4n) is 0.279. The van der Waals surface area contributed by atoms with Gasteiger partial charge < -0.3 is 5.11 Å². The van der Waals surface area contributed by atoms with Crippen molar-refractivity contribution in [2.75, 3.05) is 0 Å². The van der Waals surface area contributed by atoms with E-state index in [9.17, 15) is 0 Å². The third-order valence-electron chi connectivity index (χ3n) is 0.546. The Labute approximate surface area is 41.4 Å². The van der Waals surface area contributed by atoms with Crippen LogP contribution in [0.15, 0.2) is 12.3 Å². The topological polar surface area (TPSA) is 33.1 Å². The van der Waals surface area contributed by atoms with Crippen molar-refractivity contribution in [3.05, 3.63) is 24.5 Å². The van der Waals surface area contributed by atoms with Gasteiger partial charge in [0.25, 0.3) is 0 Å². The molecule has 1 N–H and O–H groups in total. The molecule has 0 fully saturated rings. The van der Waals surface area contributed by atoms with E-state index in [-0.39, 0.29) is 5.75 Å². The minimum absolute atomic E-state index is 0.0544. The van der Waals surface area contributed by atoms with Crippen molar-refractivity contribution in [2.24, 2.45) is 0 Å². The van der Waals surface area contributed by atoms with Gasteiger partial charge >= 0.3 is 0 Å². The van der Waals surface area contributed by atoms with Crippen LogP contribution in [-0.2, 0) is 0 Å². The van der Waals surface area contributed by atoms with E-state index in [2.05, 4.69) is 17.2 Å². The van der Waals surface area contributed by atoms with Gasteiger partial charge in [-0.15, -0.1) is 0 Å². The van der Waals surface area contributed by atoms with Crippen molar-refractivity contribution in [1.29, 1.82) is 0 Å². The normalized spacial score (nSPS) is 8.57. The largest absolute Gasteiger partial charge is 0.506 e. The van der Waals surface area contributed by atoms with Crippen LogP contribution >= 0.6 is 0 Å². The maximum atomic E-state index is 8.49. The Morgan fingerprint density at radius 3 is 2.86 bits per heavy atom. The smallest absolute Gasteiger partial charge is 0.141 e. The first kappa shape index (κ1) is 4.12. The first-order valence-electron chi connectivity index (χ1n) is 1.82. The molecule has 34 valence electrons. The van der Waals surface area contributed by atoms with Gasteiger partial charge in [0.2, 0.25) is 0 Å². The van der Waals surface area contributed by atoms with Crippen molar-refractivity contribution >= 4 is 0 Å². The summed E-state index contributed by atoms with van der Waals surface area (Å²) in [5.74, 6) is 0.0544. The first-order valence-corrected chi connectivity index (χ1v) is 1.82. The maximum absolute atomic E-state index is 8.49. The molecule has 0 unspecified atom stereocenters. The van der Waals surface area contributed by atoms with Gasteiger partial charge in [-0.1, -0.05) is 0 Å². The molecular weight excluding hydrogens is 90.1 g/mol. The molecule has 0 aromatic carbocycles. The summed E-state index contributed by atoms with van der Waals surface area (Å²) >= 11 is 0. The highest BCUT2D eigenvalue weighted by Crippen LogP contribution is 1.98. The second-order valence-corrected chi connectivity index (χ2v) is 1.06. The van der Waals surface area contributed by atoms with E-state index < -0.39 is 0 Å². The number of rotatable bonds is 0. The summed E-state index contributed by atoms with van der Waals surface area (Å²) in [5, 5.41) is 8.49. The second kappa shape index (κ2) is 1.60. The Hall–Kier alpha value is -1.05. The van der Waals surface area contributed by atoms with Gasteiger partial charge in [-0.25, -0.2) is 0 Å². The summed E-state index contributed by atoms with van der Waals surface area (Å²) in [5.41, 5.74) is 0. The minimum Gasteiger partial charge on any atom is -0.506 e. The van der Waals surface area contributed by atoms with Crippen molar-refractivity contribution in [3.8, 4) is 5.75 Å². The molecule has 1 heterocycles. The number of aromatic hydroxyl groups is 1. The summed E-state index contributed by atoms with van der Waals surface area (Å²) in [6.45, 7) is 0. The van der Waals surface area contributed by atoms with E-state index in [0.717, 1.165) is 0 Å². The van der Waals surface area contributed by atoms with Crippen molar-refractivity contribution < 1.29 is 5.11 Å². The lowest BCUT2D eigenvalue weighted by Crippen LogP contribution is -1.66. The highest BCUT2D eigenvalue weighted by atomic mass is 16.3. The summed E-state index contributed by atoms with van der Waals surface area (Å²) in [6, 6.07) is 3.89. The fourth-order valence-corrected chi connectivity index (χ4v) is 0.279. The zero-order valence-corrected chi connectivity index (χ0v) is 3.55. The molecule has 0 saturated heterocycles. The summed E-state index contributed by atoms with van der Waals surface area (Å²) < 4.78 is 0. The van der Waals surface area contributed by atoms with Crippen molar-refractivity contribution in [1.82, 2.24) is 4.98 Å². The highest BCUT2D eigenvalue weighted by Gasteiger charge is 1.77. The molecule has 0 bridgehead atoms. The molecule has 1 rings (SSSR count). The van der Waals surface area contributed by atoms with Crippen LogP contribution in [0.4, 0.5) is 0 Å². The lowest BCUT2D eigenvalue weighted by molar-refractivity contribution is 0.471. The van der Waals surface area contributed by atoms with Gasteiger partial charge in [-0.2, -0.15) is 0 Å². The summed E-state index contributed by atoms with van der Waals surface area (Å²) in [4.78, 5) is 3.48. The van der Waals surface area contributed by atoms with Crippen LogP contribution in [0.2, 0.25) is 0 Å². The Morgan fingerprint density at radius 1 is 1.71 bits per heavy atom. The van der Waals surface area contributed by atoms with E-state index in [1.54, 1.807) is 0 Å². The summed E-state index contributed by atoms with van der Waals surface area (Å²) in [6.07, 6.45) is 3.75. The van der Waals surface area contributed by atoms with Gasteiger partial charge in [-0.3, -0.25) is 4.98 Å². The molecule has 2 heteroatoms. The molecule has 0 aliphatic rings. The van der Waals surface area contributed by atoms with Crippen molar-refractivity contribution in [3.63, 3.8) is 0 Å². The zero-order chi connectivity index (χ0) is 5.11. The molecule has 1 aromatic rings. The van der Waals surface area contributed by atoms with E-state index in [4.69, 9.17) is 5.11 Å². The predicted octanol–water partition coefficient (Wildman–Crippen LogP) is 0.388. The lowest BCUT2D eigenvalue weighted by atomic mass is 10.5. The van der Waals surface area contributed by atoms with E-state index >= 15 is 0 Å². The van der Waals surface area contributed by atoms with Crippen LogP contribution in [0, 0.1) is 12.3 Å². The third kappa shape index (κ3) is 0.892. The van der Waals surface area contributed by atoms with Crippen molar-refractivity contribution in [2.45, 2.75) is 0 Å². The molecule has 0 spiro atoms. The SMILES string of the molecule is Oc1[c]c[c]nc1. The zero-order valence-electron chi connectivity index (χ0n) is 3.55. The molecule has 7 heavy (non-hydrogen) atoms. The lowest BCUT2D eigenvalue weighted by Gasteiger charge is -1.80. The first-order chi connectivity index (χ1) is 3.39. The van der Waals surface area contributed by atoms with Gasteiger partial charge in [0.05, 0.1) is 12.4 Å². The number of hydrogen-bond acceptors (Lipinski definition) is 2. The van der Waals surface area contributed by atoms with Gasteiger partial charge in [0.15, 0.2) is 0 Å². The van der Waals surface area contributed by atoms with Gasteiger partial charge in [-0.05, 0) is 6.07 Å². The van der Waals surface area contributed by atoms with Crippen LogP contribution in [0.3, 0.4) is 0 Å². The van der Waals surface area contributed by atoms with E-state index in [1.807, 2.05) is 0 Å². The molecule has 0 aliphatic carbocycles. The molecule has 0 atom stereocenters. The number of pyridine rings is 1. The van der Waals surface area contributed by atoms with Crippen LogP contribution in [-0.4, -0.2) is 10.1 Å². The predicted molar refractivity (Wildman–Crippen MR) is 23.6 cm³/mol. The molecule has 1 aromatic heterocycles. The monoisotopic (exact) mass is 93.0 g/mol. The second-order valence-electron chi connectivity index (χ2n) is 1.06. The summed E-state index contributed by atoms with van der Waals surface area (Å²) in [7, 11) is 0. The standard InChI is InChI=1S/C5H3NO/c7-5-2-1-3-6-4-5/h1,4,7H. The van der Waals surface area contributed by atoms with Crippen LogP contribution < -0.4 is 0 Å². The Bertz CT molecular complexity index is 138. The van der Waals surface area contributed by atoms with E-state index in [1.165, 1.54) is 12.3 Å². The van der Waals surface area contributed by atoms with Crippen LogP contribution in [0.1, 0.15) is 0 Å². The minimum atomic E-state index is 0.0544. The molecule has 0 amide bonds. The highest BCUT2D eigenvalue weighted by molar-refractivity contribution is 5.09.